The van der Waals surface area contributed by atoms with Crippen molar-refractivity contribution >= 4 is 23.3 Å². The van der Waals surface area contributed by atoms with Crippen LogP contribution in [-0.2, 0) is 25.5 Å². The molecule has 4 nitrogen and oxygen atoms in total. The Hall–Kier alpha value is -1.12. The smallest absolute Gasteiger partial charge is 0.339 e. The van der Waals surface area contributed by atoms with E-state index in [4.69, 9.17) is 13.6 Å². The van der Waals surface area contributed by atoms with Gasteiger partial charge in [0.05, 0.1) is 6.10 Å². The lowest BCUT2D eigenvalue weighted by Crippen LogP contribution is -2.60. The van der Waals surface area contributed by atoms with E-state index >= 15 is 0 Å². The van der Waals surface area contributed by atoms with Crippen LogP contribution in [0, 0.1) is 20.8 Å². The van der Waals surface area contributed by atoms with Crippen LogP contribution >= 0.6 is 0 Å². The first-order valence-electron chi connectivity index (χ1n) is 11.9. The summed E-state index contributed by atoms with van der Waals surface area (Å²) in [6.07, 6.45) is 0.312. The number of hydrogen-bond donors (Lipinski definition) is 0. The van der Waals surface area contributed by atoms with Gasteiger partial charge >= 0.3 is 5.97 Å². The molecule has 32 heavy (non-hydrogen) atoms. The van der Waals surface area contributed by atoms with E-state index in [9.17, 15) is 4.79 Å². The summed E-state index contributed by atoms with van der Waals surface area (Å²) in [5.74, 6) is 0.553. The van der Waals surface area contributed by atoms with Gasteiger partial charge in [-0.1, -0.05) is 41.5 Å². The topological polar surface area (TPSA) is 44.8 Å². The molecule has 0 aromatic heterocycles. The van der Waals surface area contributed by atoms with Crippen LogP contribution in [0.5, 0.6) is 5.75 Å². The highest BCUT2D eigenvalue weighted by molar-refractivity contribution is 6.75. The second-order valence-electron chi connectivity index (χ2n) is 12.5. The molecule has 0 bridgehead atoms. The fraction of sp³-hybridized carbons (Fsp3) is 0.731. The van der Waals surface area contributed by atoms with Crippen LogP contribution in [-0.4, -0.2) is 35.0 Å². The molecule has 0 fully saturated rings. The summed E-state index contributed by atoms with van der Waals surface area (Å²) in [6.45, 7) is 30.0. The maximum absolute atomic E-state index is 13.7. The SMILES string of the molecule is Cc1c(C)c(C(C)(C)C)c(C)c2c1OC(C)(C(=O)O[Si](C)(C)C(C)(C)C)C(O[SiH](C)C)C2. The molecule has 0 N–H and O–H groups in total. The Morgan fingerprint density at radius 1 is 1.03 bits per heavy atom. The third-order valence-electron chi connectivity index (χ3n) is 7.44. The standard InChI is InChI=1S/C26H46O4Si2/c1-16-17(2)22-19(18(3)21(16)24(4,5)6)15-20(29-31(11)12)26(10,28-22)23(27)30-32(13,14)25(7,8)9/h20,31H,15H2,1-14H3. The predicted molar refractivity (Wildman–Crippen MR) is 139 cm³/mol. The predicted octanol–water partition coefficient (Wildman–Crippen LogP) is 6.52. The van der Waals surface area contributed by atoms with Gasteiger partial charge in [-0.2, -0.15) is 0 Å². The van der Waals surface area contributed by atoms with Crippen molar-refractivity contribution in [2.75, 3.05) is 0 Å². The monoisotopic (exact) mass is 478 g/mol. The van der Waals surface area contributed by atoms with E-state index in [0.717, 1.165) is 11.3 Å². The van der Waals surface area contributed by atoms with Crippen LogP contribution in [0.3, 0.4) is 0 Å². The van der Waals surface area contributed by atoms with Gasteiger partial charge in [0.25, 0.3) is 8.32 Å². The van der Waals surface area contributed by atoms with Gasteiger partial charge in [-0.15, -0.1) is 0 Å². The van der Waals surface area contributed by atoms with E-state index in [0.29, 0.717) is 6.42 Å². The lowest BCUT2D eigenvalue weighted by Gasteiger charge is -2.45. The van der Waals surface area contributed by atoms with Gasteiger partial charge in [0.2, 0.25) is 5.60 Å². The summed E-state index contributed by atoms with van der Waals surface area (Å²) >= 11 is 0. The molecular weight excluding hydrogens is 432 g/mol. The zero-order valence-corrected chi connectivity index (χ0v) is 25.1. The number of fused-ring (bicyclic) bond motifs is 1. The first kappa shape index (κ1) is 27.1. The summed E-state index contributed by atoms with van der Waals surface area (Å²) in [7, 11) is -3.73. The number of carbonyl (C=O) groups is 1. The van der Waals surface area contributed by atoms with Gasteiger partial charge in [-0.3, -0.25) is 0 Å². The van der Waals surface area contributed by atoms with E-state index in [1.807, 2.05) is 6.92 Å². The number of carbonyl (C=O) groups excluding carboxylic acids is 1. The molecule has 0 aliphatic carbocycles. The van der Waals surface area contributed by atoms with Crippen molar-refractivity contribution in [2.24, 2.45) is 0 Å². The highest BCUT2D eigenvalue weighted by Gasteiger charge is 2.53. The average Bonchev–Trinajstić information content (AvgIpc) is 2.58. The van der Waals surface area contributed by atoms with E-state index < -0.39 is 23.0 Å². The highest BCUT2D eigenvalue weighted by atomic mass is 28.4. The van der Waals surface area contributed by atoms with Gasteiger partial charge < -0.3 is 13.6 Å². The Labute approximate surface area is 199 Å². The van der Waals surface area contributed by atoms with Crippen LogP contribution in [0.15, 0.2) is 0 Å². The Morgan fingerprint density at radius 2 is 1.56 bits per heavy atom. The molecule has 0 radical (unpaired) electrons. The van der Waals surface area contributed by atoms with Gasteiger partial charge in [0.1, 0.15) is 5.75 Å². The Bertz CT molecular complexity index is 891. The number of ether oxygens (including phenoxy) is 1. The molecule has 1 aromatic rings. The highest BCUT2D eigenvalue weighted by Crippen LogP contribution is 2.46. The van der Waals surface area contributed by atoms with Crippen molar-refractivity contribution < 1.29 is 18.4 Å². The van der Waals surface area contributed by atoms with Gasteiger partial charge in [-0.25, -0.2) is 4.79 Å². The third kappa shape index (κ3) is 4.87. The molecule has 1 aliphatic rings. The van der Waals surface area contributed by atoms with Crippen molar-refractivity contribution in [1.82, 2.24) is 0 Å². The van der Waals surface area contributed by atoms with E-state index in [1.54, 1.807) is 0 Å². The number of hydrogen-bond acceptors (Lipinski definition) is 4. The van der Waals surface area contributed by atoms with Crippen molar-refractivity contribution in [3.8, 4) is 5.75 Å². The van der Waals surface area contributed by atoms with Crippen LogP contribution in [0.2, 0.25) is 31.2 Å². The minimum Gasteiger partial charge on any atom is -0.516 e. The summed E-state index contributed by atoms with van der Waals surface area (Å²) in [5.41, 5.74) is 5.02. The molecule has 0 saturated heterocycles. The minimum atomic E-state index is -2.30. The fourth-order valence-corrected chi connectivity index (χ4v) is 6.50. The summed E-state index contributed by atoms with van der Waals surface area (Å²) in [4.78, 5) is 13.7. The van der Waals surface area contributed by atoms with Gasteiger partial charge in [-0.05, 0) is 86.6 Å². The first-order valence-corrected chi connectivity index (χ1v) is 17.6. The second kappa shape index (κ2) is 8.59. The maximum atomic E-state index is 13.7. The molecule has 1 heterocycles. The zero-order valence-electron chi connectivity index (χ0n) is 23.0. The lowest BCUT2D eigenvalue weighted by atomic mass is 9.75. The van der Waals surface area contributed by atoms with Gasteiger partial charge in [0.15, 0.2) is 9.04 Å². The Morgan fingerprint density at radius 3 is 2.00 bits per heavy atom. The van der Waals surface area contributed by atoms with E-state index in [1.165, 1.54) is 22.3 Å². The lowest BCUT2D eigenvalue weighted by molar-refractivity contribution is -0.162. The molecule has 1 aromatic carbocycles. The molecule has 182 valence electrons. The van der Waals surface area contributed by atoms with Crippen LogP contribution < -0.4 is 4.74 Å². The Kier molecular flexibility index (Phi) is 7.28. The van der Waals surface area contributed by atoms with Crippen molar-refractivity contribution in [3.63, 3.8) is 0 Å². The zero-order chi connectivity index (χ0) is 25.0. The van der Waals surface area contributed by atoms with Crippen molar-refractivity contribution in [1.29, 1.82) is 0 Å². The van der Waals surface area contributed by atoms with Crippen LogP contribution in [0.25, 0.3) is 0 Å². The molecule has 1 aliphatic heterocycles. The van der Waals surface area contributed by atoms with Crippen molar-refractivity contribution in [3.05, 3.63) is 27.8 Å². The molecule has 0 spiro atoms. The molecule has 2 atom stereocenters. The Balaban J connectivity index is 2.65. The summed E-state index contributed by atoms with van der Waals surface area (Å²) in [5, 5.41) is -0.0700. The van der Waals surface area contributed by atoms with E-state index in [-0.39, 0.29) is 22.5 Å². The quantitative estimate of drug-likeness (QED) is 0.462. The fourth-order valence-electron chi connectivity index (χ4n) is 4.52. The van der Waals surface area contributed by atoms with Crippen LogP contribution in [0.1, 0.15) is 76.3 Å². The normalized spacial score (nSPS) is 21.9. The van der Waals surface area contributed by atoms with Gasteiger partial charge in [0, 0.05) is 12.0 Å². The van der Waals surface area contributed by atoms with Crippen LogP contribution in [0.4, 0.5) is 0 Å². The molecule has 2 rings (SSSR count). The first-order chi connectivity index (χ1) is 14.2. The molecular formula is C26H46O4Si2. The van der Waals surface area contributed by atoms with Crippen molar-refractivity contribution in [2.45, 2.75) is 124 Å². The van der Waals surface area contributed by atoms with E-state index in [2.05, 4.69) is 88.5 Å². The molecule has 6 heteroatoms. The maximum Gasteiger partial charge on any atom is 0.339 e. The number of rotatable bonds is 4. The summed E-state index contributed by atoms with van der Waals surface area (Å²) < 4.78 is 19.4. The second-order valence-corrected chi connectivity index (χ2v) is 19.6. The molecule has 0 saturated carbocycles. The molecule has 2 unspecified atom stereocenters. The largest absolute Gasteiger partial charge is 0.516 e. The molecule has 0 amide bonds. The third-order valence-corrected chi connectivity index (χ3v) is 12.6. The minimum absolute atomic E-state index is 0.0269. The summed E-state index contributed by atoms with van der Waals surface area (Å²) in [6, 6.07) is 0. The average molecular weight is 479 g/mol. The number of benzene rings is 1.